The Morgan fingerprint density at radius 1 is 1.12 bits per heavy atom. The highest BCUT2D eigenvalue weighted by Crippen LogP contribution is 2.00. The fraction of sp³-hybridized carbons (Fsp3) is 0. The molecule has 1 aromatic carbocycles. The SMILES string of the molecule is O=Cc1ccc(C#CC(=O)c2ccccc2)[nH]1. The van der Waals surface area contributed by atoms with Crippen LogP contribution in [-0.2, 0) is 0 Å². The molecular weight excluding hydrogens is 214 g/mol. The van der Waals surface area contributed by atoms with Crippen LogP contribution in [-0.4, -0.2) is 17.1 Å². The van der Waals surface area contributed by atoms with Crippen LogP contribution in [0.4, 0.5) is 0 Å². The summed E-state index contributed by atoms with van der Waals surface area (Å²) in [5, 5.41) is 0. The summed E-state index contributed by atoms with van der Waals surface area (Å²) in [6.07, 6.45) is 0.699. The molecule has 82 valence electrons. The van der Waals surface area contributed by atoms with E-state index in [0.29, 0.717) is 23.2 Å². The van der Waals surface area contributed by atoms with E-state index in [1.165, 1.54) is 0 Å². The van der Waals surface area contributed by atoms with Gasteiger partial charge in [-0.05, 0) is 24.0 Å². The summed E-state index contributed by atoms with van der Waals surface area (Å²) in [5.74, 6) is 4.96. The minimum absolute atomic E-state index is 0.243. The van der Waals surface area contributed by atoms with Gasteiger partial charge in [0.05, 0.1) is 11.4 Å². The molecule has 0 saturated heterocycles. The maximum absolute atomic E-state index is 11.6. The molecule has 0 saturated carbocycles. The predicted octanol–water partition coefficient (Wildman–Crippen LogP) is 2.06. The van der Waals surface area contributed by atoms with E-state index in [2.05, 4.69) is 16.8 Å². The van der Waals surface area contributed by atoms with Crippen molar-refractivity contribution in [3.8, 4) is 11.8 Å². The Morgan fingerprint density at radius 2 is 1.88 bits per heavy atom. The summed E-state index contributed by atoms with van der Waals surface area (Å²) in [6, 6.07) is 12.1. The first-order chi connectivity index (χ1) is 8.29. The second-order valence-electron chi connectivity index (χ2n) is 3.39. The molecule has 0 aliphatic rings. The van der Waals surface area contributed by atoms with Crippen molar-refractivity contribution in [2.24, 2.45) is 0 Å². The number of aldehydes is 1. The summed E-state index contributed by atoms with van der Waals surface area (Å²) in [7, 11) is 0. The van der Waals surface area contributed by atoms with Crippen molar-refractivity contribution in [3.63, 3.8) is 0 Å². The number of H-pyrrole nitrogens is 1. The molecule has 0 spiro atoms. The average Bonchev–Trinajstić information content (AvgIpc) is 2.85. The van der Waals surface area contributed by atoms with Crippen molar-refractivity contribution in [2.45, 2.75) is 0 Å². The molecule has 2 rings (SSSR count). The fourth-order valence-corrected chi connectivity index (χ4v) is 1.34. The van der Waals surface area contributed by atoms with Crippen LogP contribution in [0.25, 0.3) is 0 Å². The second-order valence-corrected chi connectivity index (χ2v) is 3.39. The number of aromatic nitrogens is 1. The van der Waals surface area contributed by atoms with Crippen molar-refractivity contribution in [1.29, 1.82) is 0 Å². The normalized spacial score (nSPS) is 9.18. The molecule has 0 amide bonds. The monoisotopic (exact) mass is 223 g/mol. The molecule has 1 heterocycles. The topological polar surface area (TPSA) is 49.9 Å². The zero-order chi connectivity index (χ0) is 12.1. The van der Waals surface area contributed by atoms with Crippen LogP contribution in [0.2, 0.25) is 0 Å². The Balaban J connectivity index is 2.17. The first kappa shape index (κ1) is 10.9. The highest BCUT2D eigenvalue weighted by atomic mass is 16.1. The van der Waals surface area contributed by atoms with E-state index in [1.807, 2.05) is 6.07 Å². The predicted molar refractivity (Wildman–Crippen MR) is 63.8 cm³/mol. The molecule has 2 aromatic rings. The Labute approximate surface area is 98.5 Å². The van der Waals surface area contributed by atoms with Crippen molar-refractivity contribution >= 4 is 12.1 Å². The molecule has 0 fully saturated rings. The van der Waals surface area contributed by atoms with E-state index < -0.39 is 0 Å². The molecule has 0 atom stereocenters. The van der Waals surface area contributed by atoms with Gasteiger partial charge in [-0.3, -0.25) is 9.59 Å². The van der Waals surface area contributed by atoms with Crippen LogP contribution < -0.4 is 0 Å². The molecule has 0 unspecified atom stereocenters. The van der Waals surface area contributed by atoms with E-state index in [1.54, 1.807) is 36.4 Å². The maximum atomic E-state index is 11.6. The van der Waals surface area contributed by atoms with E-state index in [4.69, 9.17) is 0 Å². The van der Waals surface area contributed by atoms with Gasteiger partial charge in [0.1, 0.15) is 0 Å². The fourth-order valence-electron chi connectivity index (χ4n) is 1.34. The number of Topliss-reactive ketones (excluding diaryl/α,β-unsaturated/α-hetero) is 1. The standard InChI is InChI=1S/C14H9NO2/c16-10-13-7-6-12(15-13)8-9-14(17)11-4-2-1-3-5-11/h1-7,10,15H. The first-order valence-corrected chi connectivity index (χ1v) is 5.05. The smallest absolute Gasteiger partial charge is 0.236 e. The molecule has 3 heteroatoms. The quantitative estimate of drug-likeness (QED) is 0.481. The average molecular weight is 223 g/mol. The van der Waals surface area contributed by atoms with Gasteiger partial charge in [-0.2, -0.15) is 0 Å². The van der Waals surface area contributed by atoms with Gasteiger partial charge < -0.3 is 4.98 Å². The van der Waals surface area contributed by atoms with Crippen LogP contribution in [0.5, 0.6) is 0 Å². The van der Waals surface area contributed by atoms with Crippen LogP contribution in [0.3, 0.4) is 0 Å². The van der Waals surface area contributed by atoms with Crippen LogP contribution >= 0.6 is 0 Å². The van der Waals surface area contributed by atoms with E-state index in [-0.39, 0.29) is 5.78 Å². The van der Waals surface area contributed by atoms with Crippen LogP contribution in [0.15, 0.2) is 42.5 Å². The Bertz CT molecular complexity index is 600. The molecule has 3 nitrogen and oxygen atoms in total. The highest BCUT2D eigenvalue weighted by Gasteiger charge is 1.99. The third-order valence-electron chi connectivity index (χ3n) is 2.18. The number of rotatable bonds is 2. The molecule has 1 aromatic heterocycles. The summed E-state index contributed by atoms with van der Waals surface area (Å²) in [6.45, 7) is 0. The zero-order valence-electron chi connectivity index (χ0n) is 8.94. The lowest BCUT2D eigenvalue weighted by atomic mass is 10.1. The van der Waals surface area contributed by atoms with Crippen molar-refractivity contribution in [3.05, 3.63) is 59.4 Å². The number of benzene rings is 1. The van der Waals surface area contributed by atoms with Crippen LogP contribution in [0, 0.1) is 11.8 Å². The lowest BCUT2D eigenvalue weighted by Crippen LogP contribution is -1.93. The van der Waals surface area contributed by atoms with Gasteiger partial charge in [0, 0.05) is 5.56 Å². The minimum atomic E-state index is -0.243. The number of hydrogen-bond acceptors (Lipinski definition) is 2. The number of ketones is 1. The summed E-state index contributed by atoms with van der Waals surface area (Å²) in [4.78, 5) is 24.8. The molecule has 0 bridgehead atoms. The van der Waals surface area contributed by atoms with Gasteiger partial charge in [-0.15, -0.1) is 0 Å². The van der Waals surface area contributed by atoms with E-state index in [0.717, 1.165) is 0 Å². The maximum Gasteiger partial charge on any atom is 0.236 e. The first-order valence-electron chi connectivity index (χ1n) is 5.05. The third kappa shape index (κ3) is 2.70. The van der Waals surface area contributed by atoms with Gasteiger partial charge in [-0.1, -0.05) is 30.3 Å². The lowest BCUT2D eigenvalue weighted by molar-refractivity contribution is 0.105. The minimum Gasteiger partial charge on any atom is -0.346 e. The molecule has 0 radical (unpaired) electrons. The van der Waals surface area contributed by atoms with Crippen molar-refractivity contribution in [2.75, 3.05) is 0 Å². The summed E-state index contributed by atoms with van der Waals surface area (Å²) < 4.78 is 0. The molecule has 1 N–H and O–H groups in total. The van der Waals surface area contributed by atoms with Gasteiger partial charge >= 0.3 is 0 Å². The Morgan fingerprint density at radius 3 is 2.53 bits per heavy atom. The van der Waals surface area contributed by atoms with Gasteiger partial charge in [0.2, 0.25) is 5.78 Å². The van der Waals surface area contributed by atoms with E-state index in [9.17, 15) is 9.59 Å². The highest BCUT2D eigenvalue weighted by molar-refractivity contribution is 6.09. The van der Waals surface area contributed by atoms with Gasteiger partial charge in [0.25, 0.3) is 0 Å². The number of nitrogens with one attached hydrogen (secondary N) is 1. The Kier molecular flexibility index (Phi) is 3.18. The number of carbonyl (C=O) groups excluding carboxylic acids is 2. The molecular formula is C14H9NO2. The number of carbonyl (C=O) groups is 2. The van der Waals surface area contributed by atoms with E-state index >= 15 is 0 Å². The summed E-state index contributed by atoms with van der Waals surface area (Å²) in [5.41, 5.74) is 1.56. The molecule has 17 heavy (non-hydrogen) atoms. The van der Waals surface area contributed by atoms with Crippen LogP contribution in [0.1, 0.15) is 26.5 Å². The molecule has 0 aliphatic heterocycles. The second kappa shape index (κ2) is 4.95. The van der Waals surface area contributed by atoms with Gasteiger partial charge in [-0.25, -0.2) is 0 Å². The Hall–Kier alpha value is -2.60. The number of aromatic amines is 1. The number of hydrogen-bond donors (Lipinski definition) is 1. The third-order valence-corrected chi connectivity index (χ3v) is 2.18. The van der Waals surface area contributed by atoms with Gasteiger partial charge in [0.15, 0.2) is 6.29 Å². The van der Waals surface area contributed by atoms with Crippen molar-refractivity contribution in [1.82, 2.24) is 4.98 Å². The lowest BCUT2D eigenvalue weighted by Gasteiger charge is -1.90. The molecule has 0 aliphatic carbocycles. The zero-order valence-corrected chi connectivity index (χ0v) is 8.94. The van der Waals surface area contributed by atoms with Crippen molar-refractivity contribution < 1.29 is 9.59 Å². The largest absolute Gasteiger partial charge is 0.346 e. The summed E-state index contributed by atoms with van der Waals surface area (Å²) >= 11 is 0.